The second kappa shape index (κ2) is 8.92. The number of sulfonamides is 1. The zero-order valence-corrected chi connectivity index (χ0v) is 15.9. The van der Waals surface area contributed by atoms with Crippen molar-refractivity contribution in [1.82, 2.24) is 9.21 Å². The first-order valence-electron chi connectivity index (χ1n) is 8.64. The third-order valence-electron chi connectivity index (χ3n) is 4.28. The van der Waals surface area contributed by atoms with Crippen molar-refractivity contribution in [2.24, 2.45) is 0 Å². The number of ether oxygens (including phenoxy) is 1. The van der Waals surface area contributed by atoms with E-state index in [9.17, 15) is 26.4 Å². The van der Waals surface area contributed by atoms with Crippen molar-refractivity contribution < 1.29 is 31.1 Å². The molecule has 1 aromatic rings. The van der Waals surface area contributed by atoms with Gasteiger partial charge < -0.3 is 9.64 Å². The van der Waals surface area contributed by atoms with E-state index in [-0.39, 0.29) is 42.4 Å². The topological polar surface area (TPSA) is 66.9 Å². The van der Waals surface area contributed by atoms with E-state index >= 15 is 0 Å². The van der Waals surface area contributed by atoms with Crippen LogP contribution in [0.1, 0.15) is 31.2 Å². The molecule has 1 aliphatic rings. The molecule has 0 bridgehead atoms. The van der Waals surface area contributed by atoms with Gasteiger partial charge in [0.15, 0.2) is 0 Å². The molecule has 152 valence electrons. The molecule has 1 aromatic carbocycles. The molecule has 2 rings (SSSR count). The van der Waals surface area contributed by atoms with Crippen molar-refractivity contribution in [2.75, 3.05) is 25.9 Å². The van der Waals surface area contributed by atoms with Crippen LogP contribution < -0.4 is 4.74 Å². The fourth-order valence-corrected chi connectivity index (χ4v) is 4.48. The molecule has 1 fully saturated rings. The molecule has 0 unspecified atom stereocenters. The summed E-state index contributed by atoms with van der Waals surface area (Å²) in [6, 6.07) is 5.60. The van der Waals surface area contributed by atoms with Gasteiger partial charge in [-0.05, 0) is 25.3 Å². The minimum absolute atomic E-state index is 0.00582. The Morgan fingerprint density at radius 2 is 1.85 bits per heavy atom. The monoisotopic (exact) mass is 408 g/mol. The maximum absolute atomic E-state index is 12.5. The Labute approximate surface area is 156 Å². The van der Waals surface area contributed by atoms with Gasteiger partial charge in [0.05, 0.1) is 5.75 Å². The molecule has 1 heterocycles. The lowest BCUT2D eigenvalue weighted by molar-refractivity contribution is -0.275. The standard InChI is InChI=1S/C17H23F3N2O4S/c1-21(13-14-7-2-3-8-15(14)26-17(18,19)20)16(23)9-6-12-27(24,25)22-10-4-5-11-22/h2-3,7-8H,4-6,9-13H2,1H3. The van der Waals surface area contributed by atoms with Gasteiger partial charge in [-0.1, -0.05) is 18.2 Å². The van der Waals surface area contributed by atoms with Gasteiger partial charge in [0, 0.05) is 38.7 Å². The second-order valence-corrected chi connectivity index (χ2v) is 8.52. The molecular formula is C17H23F3N2O4S. The van der Waals surface area contributed by atoms with E-state index in [2.05, 4.69) is 4.74 Å². The van der Waals surface area contributed by atoms with Crippen molar-refractivity contribution >= 4 is 15.9 Å². The first-order valence-corrected chi connectivity index (χ1v) is 10.2. The number of hydrogen-bond acceptors (Lipinski definition) is 4. The van der Waals surface area contributed by atoms with Gasteiger partial charge in [0.25, 0.3) is 0 Å². The molecule has 0 N–H and O–H groups in total. The van der Waals surface area contributed by atoms with Crippen LogP contribution in [0.5, 0.6) is 5.75 Å². The maximum atomic E-state index is 12.5. The summed E-state index contributed by atoms with van der Waals surface area (Å²) < 4.78 is 67.1. The molecule has 0 saturated carbocycles. The minimum Gasteiger partial charge on any atom is -0.405 e. The van der Waals surface area contributed by atoms with Crippen LogP contribution in [-0.4, -0.2) is 55.8 Å². The smallest absolute Gasteiger partial charge is 0.405 e. The Morgan fingerprint density at radius 1 is 1.22 bits per heavy atom. The van der Waals surface area contributed by atoms with Crippen LogP contribution in [0.2, 0.25) is 0 Å². The molecule has 10 heteroatoms. The van der Waals surface area contributed by atoms with Crippen molar-refractivity contribution in [3.8, 4) is 5.75 Å². The molecule has 1 aliphatic heterocycles. The van der Waals surface area contributed by atoms with E-state index < -0.39 is 16.4 Å². The van der Waals surface area contributed by atoms with Crippen LogP contribution in [0.4, 0.5) is 13.2 Å². The number of nitrogens with zero attached hydrogens (tertiary/aromatic N) is 2. The van der Waals surface area contributed by atoms with Gasteiger partial charge in [0.2, 0.25) is 15.9 Å². The molecule has 1 saturated heterocycles. The molecule has 0 radical (unpaired) electrons. The Balaban J connectivity index is 1.87. The maximum Gasteiger partial charge on any atom is 0.573 e. The SMILES string of the molecule is CN(Cc1ccccc1OC(F)(F)F)C(=O)CCCS(=O)(=O)N1CCCC1. The molecule has 6 nitrogen and oxygen atoms in total. The fraction of sp³-hybridized carbons (Fsp3) is 0.588. The largest absolute Gasteiger partial charge is 0.573 e. The zero-order chi connectivity index (χ0) is 20.1. The van der Waals surface area contributed by atoms with Gasteiger partial charge in [-0.15, -0.1) is 13.2 Å². The Bertz CT molecular complexity index is 747. The lowest BCUT2D eigenvalue weighted by Gasteiger charge is -2.20. The second-order valence-electron chi connectivity index (χ2n) is 6.43. The van der Waals surface area contributed by atoms with Gasteiger partial charge >= 0.3 is 6.36 Å². The number of rotatable bonds is 8. The number of para-hydroxylation sites is 1. The quantitative estimate of drug-likeness (QED) is 0.664. The van der Waals surface area contributed by atoms with E-state index in [0.717, 1.165) is 12.8 Å². The summed E-state index contributed by atoms with van der Waals surface area (Å²) in [5, 5.41) is 0. The number of benzene rings is 1. The van der Waals surface area contributed by atoms with Crippen LogP contribution in [0, 0.1) is 0 Å². The lowest BCUT2D eigenvalue weighted by Crippen LogP contribution is -2.31. The number of carbonyl (C=O) groups excluding carboxylic acids is 1. The predicted molar refractivity (Wildman–Crippen MR) is 93.4 cm³/mol. The number of hydrogen-bond donors (Lipinski definition) is 0. The normalized spacial score (nSPS) is 15.7. The van der Waals surface area contributed by atoms with Gasteiger partial charge in [-0.2, -0.15) is 0 Å². The first kappa shape index (κ1) is 21.5. The third kappa shape index (κ3) is 6.69. The van der Waals surface area contributed by atoms with Gasteiger partial charge in [0.1, 0.15) is 5.75 Å². The van der Waals surface area contributed by atoms with Crippen molar-refractivity contribution in [3.63, 3.8) is 0 Å². The fourth-order valence-electron chi connectivity index (χ4n) is 2.89. The summed E-state index contributed by atoms with van der Waals surface area (Å²) in [7, 11) is -1.89. The summed E-state index contributed by atoms with van der Waals surface area (Å²) in [5.41, 5.74) is 0.218. The number of halogens is 3. The van der Waals surface area contributed by atoms with Crippen molar-refractivity contribution in [2.45, 2.75) is 38.6 Å². The van der Waals surface area contributed by atoms with Crippen LogP contribution >= 0.6 is 0 Å². The van der Waals surface area contributed by atoms with E-state index in [4.69, 9.17) is 0 Å². The van der Waals surface area contributed by atoms with E-state index in [0.29, 0.717) is 13.1 Å². The van der Waals surface area contributed by atoms with E-state index in [1.807, 2.05) is 0 Å². The molecular weight excluding hydrogens is 385 g/mol. The van der Waals surface area contributed by atoms with Gasteiger partial charge in [-0.3, -0.25) is 4.79 Å². The Morgan fingerprint density at radius 3 is 2.48 bits per heavy atom. The summed E-state index contributed by atoms with van der Waals surface area (Å²) in [4.78, 5) is 13.5. The Hall–Kier alpha value is -1.81. The molecule has 0 spiro atoms. The minimum atomic E-state index is -4.82. The average Bonchev–Trinajstić information content (AvgIpc) is 3.10. The highest BCUT2D eigenvalue weighted by atomic mass is 32.2. The number of alkyl halides is 3. The van der Waals surface area contributed by atoms with Crippen LogP contribution in [0.25, 0.3) is 0 Å². The highest BCUT2D eigenvalue weighted by Crippen LogP contribution is 2.27. The molecule has 0 aliphatic carbocycles. The predicted octanol–water partition coefficient (Wildman–Crippen LogP) is 2.75. The van der Waals surface area contributed by atoms with E-state index in [1.165, 1.54) is 34.5 Å². The molecule has 0 aromatic heterocycles. The molecule has 0 atom stereocenters. The van der Waals surface area contributed by atoms with Crippen LogP contribution in [-0.2, 0) is 21.4 Å². The highest BCUT2D eigenvalue weighted by molar-refractivity contribution is 7.89. The average molecular weight is 408 g/mol. The zero-order valence-electron chi connectivity index (χ0n) is 15.0. The third-order valence-corrected chi connectivity index (χ3v) is 6.24. The summed E-state index contributed by atoms with van der Waals surface area (Å²) in [6.07, 6.45) is -2.95. The van der Waals surface area contributed by atoms with Crippen molar-refractivity contribution in [3.05, 3.63) is 29.8 Å². The number of carbonyl (C=O) groups is 1. The molecule has 27 heavy (non-hydrogen) atoms. The number of amides is 1. The van der Waals surface area contributed by atoms with Crippen LogP contribution in [0.15, 0.2) is 24.3 Å². The van der Waals surface area contributed by atoms with E-state index in [1.54, 1.807) is 6.07 Å². The summed E-state index contributed by atoms with van der Waals surface area (Å²) in [6.45, 7) is 0.975. The first-order chi connectivity index (χ1) is 12.6. The van der Waals surface area contributed by atoms with Gasteiger partial charge in [-0.25, -0.2) is 12.7 Å². The highest BCUT2D eigenvalue weighted by Gasteiger charge is 2.32. The molecule has 1 amide bonds. The van der Waals surface area contributed by atoms with Crippen molar-refractivity contribution in [1.29, 1.82) is 0 Å². The van der Waals surface area contributed by atoms with Crippen LogP contribution in [0.3, 0.4) is 0 Å². The summed E-state index contributed by atoms with van der Waals surface area (Å²) >= 11 is 0. The Kier molecular flexibility index (Phi) is 7.10. The summed E-state index contributed by atoms with van der Waals surface area (Å²) in [5.74, 6) is -0.810. The lowest BCUT2D eigenvalue weighted by atomic mass is 10.2.